The lowest BCUT2D eigenvalue weighted by Gasteiger charge is -2.14. The monoisotopic (exact) mass is 639 g/mol. The quantitative estimate of drug-likeness (QED) is 0.159. The summed E-state index contributed by atoms with van der Waals surface area (Å²) >= 11 is 0. The fourth-order valence-electron chi connectivity index (χ4n) is 7.06. The van der Waals surface area contributed by atoms with Crippen LogP contribution in [0.3, 0.4) is 0 Å². The number of fused-ring (bicyclic) bond motifs is 5. The van der Waals surface area contributed by atoms with E-state index >= 15 is 0 Å². The fourth-order valence-corrected chi connectivity index (χ4v) is 7.06. The Bertz CT molecular complexity index is 2650. The third-order valence-electron chi connectivity index (χ3n) is 9.54. The Hall–Kier alpha value is -6.51. The van der Waals surface area contributed by atoms with Crippen molar-refractivity contribution in [1.82, 2.24) is 0 Å². The smallest absolute Gasteiger partial charge is 0.143 e. The Morgan fingerprint density at radius 3 is 1.64 bits per heavy atom. The number of rotatable bonds is 7. The number of furan rings is 1. The van der Waals surface area contributed by atoms with E-state index in [-0.39, 0.29) is 0 Å². The normalized spacial score (nSPS) is 11.8. The summed E-state index contributed by atoms with van der Waals surface area (Å²) in [5, 5.41) is 4.38. The van der Waals surface area contributed by atoms with E-state index in [2.05, 4.69) is 188 Å². The maximum atomic E-state index is 6.62. The van der Waals surface area contributed by atoms with Crippen LogP contribution in [0.25, 0.3) is 66.1 Å². The summed E-state index contributed by atoms with van der Waals surface area (Å²) in [4.78, 5) is 5.48. The molecule has 2 heteroatoms. The third kappa shape index (κ3) is 5.57. The van der Waals surface area contributed by atoms with E-state index in [9.17, 15) is 0 Å². The van der Waals surface area contributed by atoms with Crippen molar-refractivity contribution in [3.63, 3.8) is 0 Å². The van der Waals surface area contributed by atoms with Crippen LogP contribution < -0.4 is 0 Å². The van der Waals surface area contributed by atoms with Gasteiger partial charge in [-0.3, -0.25) is 4.99 Å². The van der Waals surface area contributed by atoms with E-state index in [0.29, 0.717) is 6.54 Å². The molecule has 50 heavy (non-hydrogen) atoms. The lowest BCUT2D eigenvalue weighted by Crippen LogP contribution is -2.06. The Balaban J connectivity index is 1.26. The Kier molecular flexibility index (Phi) is 7.60. The van der Waals surface area contributed by atoms with Crippen LogP contribution in [0.5, 0.6) is 0 Å². The minimum Gasteiger partial charge on any atom is -0.455 e. The van der Waals surface area contributed by atoms with Gasteiger partial charge in [0.1, 0.15) is 11.2 Å². The summed E-state index contributed by atoms with van der Waals surface area (Å²) in [5.41, 5.74) is 13.1. The Morgan fingerprint density at radius 2 is 0.960 bits per heavy atom. The topological polar surface area (TPSA) is 25.5 Å². The highest BCUT2D eigenvalue weighted by Gasteiger charge is 2.19. The molecule has 0 bridgehead atoms. The highest BCUT2D eigenvalue weighted by atomic mass is 16.3. The van der Waals surface area contributed by atoms with Gasteiger partial charge in [0.05, 0.1) is 12.3 Å². The molecule has 0 aliphatic heterocycles. The van der Waals surface area contributed by atoms with Gasteiger partial charge in [-0.1, -0.05) is 158 Å². The van der Waals surface area contributed by atoms with Crippen molar-refractivity contribution in [2.45, 2.75) is 6.54 Å². The molecule has 2 nitrogen and oxygen atoms in total. The second kappa shape index (κ2) is 12.8. The van der Waals surface area contributed by atoms with Crippen molar-refractivity contribution >= 4 is 38.4 Å². The summed E-state index contributed by atoms with van der Waals surface area (Å²) in [6, 6.07) is 66.5. The fraction of sp³-hybridized carbons (Fsp3) is 0.0208. The molecule has 0 N–H and O–H groups in total. The van der Waals surface area contributed by atoms with Crippen molar-refractivity contribution in [3.8, 4) is 33.4 Å². The molecular weight excluding hydrogens is 607 g/mol. The molecule has 0 spiro atoms. The number of nitrogens with zero attached hydrogens (tertiary/aromatic N) is 1. The van der Waals surface area contributed by atoms with E-state index in [0.717, 1.165) is 60.7 Å². The first-order chi connectivity index (χ1) is 24.8. The number of hydrogen-bond acceptors (Lipinski definition) is 2. The first kappa shape index (κ1) is 29.6. The van der Waals surface area contributed by atoms with Crippen LogP contribution in [0.2, 0.25) is 0 Å². The van der Waals surface area contributed by atoms with Crippen LogP contribution in [0.15, 0.2) is 197 Å². The molecule has 0 radical (unpaired) electrons. The highest BCUT2D eigenvalue weighted by molar-refractivity contribution is 6.26. The van der Waals surface area contributed by atoms with Gasteiger partial charge in [-0.2, -0.15) is 0 Å². The van der Waals surface area contributed by atoms with Crippen molar-refractivity contribution in [3.05, 3.63) is 205 Å². The van der Waals surface area contributed by atoms with Gasteiger partial charge >= 0.3 is 0 Å². The van der Waals surface area contributed by atoms with Gasteiger partial charge in [0.25, 0.3) is 0 Å². The van der Waals surface area contributed by atoms with Crippen molar-refractivity contribution in [2.75, 3.05) is 0 Å². The lowest BCUT2D eigenvalue weighted by molar-refractivity contribution is 0.672. The minimum absolute atomic E-state index is 0.544. The predicted octanol–water partition coefficient (Wildman–Crippen LogP) is 12.8. The number of benzene rings is 8. The highest BCUT2D eigenvalue weighted by Crippen LogP contribution is 2.39. The zero-order valence-corrected chi connectivity index (χ0v) is 27.5. The molecule has 8 aromatic carbocycles. The van der Waals surface area contributed by atoms with Gasteiger partial charge in [0, 0.05) is 27.3 Å². The zero-order valence-electron chi connectivity index (χ0n) is 27.5. The molecule has 9 aromatic rings. The molecule has 1 heterocycles. The van der Waals surface area contributed by atoms with Gasteiger partial charge in [-0.15, -0.1) is 0 Å². The van der Waals surface area contributed by atoms with Gasteiger partial charge in [0.2, 0.25) is 0 Å². The maximum absolute atomic E-state index is 6.62. The molecule has 0 unspecified atom stereocenters. The molecule has 0 saturated heterocycles. The first-order valence-electron chi connectivity index (χ1n) is 17.1. The average Bonchev–Trinajstić information content (AvgIpc) is 3.57. The summed E-state index contributed by atoms with van der Waals surface area (Å²) in [6.45, 7) is 0.544. The Labute approximate surface area is 291 Å². The summed E-state index contributed by atoms with van der Waals surface area (Å²) in [6.07, 6.45) is 0. The molecule has 236 valence electrons. The van der Waals surface area contributed by atoms with E-state index in [1.165, 1.54) is 27.8 Å². The minimum atomic E-state index is 0.544. The molecule has 0 fully saturated rings. The Morgan fingerprint density at radius 1 is 0.400 bits per heavy atom. The maximum Gasteiger partial charge on any atom is 0.143 e. The van der Waals surface area contributed by atoms with Crippen molar-refractivity contribution in [2.24, 2.45) is 4.99 Å². The average molecular weight is 640 g/mol. The van der Waals surface area contributed by atoms with Crippen LogP contribution >= 0.6 is 0 Å². The van der Waals surface area contributed by atoms with Crippen LogP contribution in [0.1, 0.15) is 16.7 Å². The first-order valence-corrected chi connectivity index (χ1v) is 17.1. The van der Waals surface area contributed by atoms with E-state index in [1.54, 1.807) is 0 Å². The third-order valence-corrected chi connectivity index (χ3v) is 9.54. The van der Waals surface area contributed by atoms with Gasteiger partial charge in [-0.05, 0) is 74.7 Å². The molecule has 1 aromatic heterocycles. The zero-order chi connectivity index (χ0) is 33.3. The molecule has 0 atom stereocenters. The standard InChI is InChI=1S/C48H33NO/c1-4-15-34(16-5-1)37-21-12-14-33(28-37)32-49-47(40-23-13-22-38(29-40)35-17-6-2-7-18-35)44-31-45-43-30-39(36-19-8-3-9-20-36)26-27-46(43)50-48(45)42-25-11-10-24-41(42)44/h1-31H,32H2. The van der Waals surface area contributed by atoms with Crippen molar-refractivity contribution in [1.29, 1.82) is 0 Å². The number of hydrogen-bond donors (Lipinski definition) is 0. The predicted molar refractivity (Wildman–Crippen MR) is 210 cm³/mol. The SMILES string of the molecule is c1ccc(-c2cccc(CN=C(c3cccc(-c4ccccc4)c3)c3cc4c5cc(-c6ccccc6)ccc5oc4c4ccccc34)c2)cc1. The summed E-state index contributed by atoms with van der Waals surface area (Å²) in [5.74, 6) is 0. The molecule has 9 rings (SSSR count). The molecule has 0 amide bonds. The molecule has 0 saturated carbocycles. The lowest BCUT2D eigenvalue weighted by atomic mass is 9.92. The molecule has 0 aliphatic carbocycles. The van der Waals surface area contributed by atoms with E-state index in [4.69, 9.17) is 9.41 Å². The van der Waals surface area contributed by atoms with E-state index in [1.807, 2.05) is 0 Å². The second-order valence-electron chi connectivity index (χ2n) is 12.7. The summed E-state index contributed by atoms with van der Waals surface area (Å²) < 4.78 is 6.62. The molecule has 0 aliphatic rings. The van der Waals surface area contributed by atoms with E-state index < -0.39 is 0 Å². The molecular formula is C48H33NO. The van der Waals surface area contributed by atoms with Gasteiger partial charge < -0.3 is 4.42 Å². The largest absolute Gasteiger partial charge is 0.455 e. The van der Waals surface area contributed by atoms with Crippen molar-refractivity contribution < 1.29 is 4.42 Å². The van der Waals surface area contributed by atoms with Crippen LogP contribution in [0.4, 0.5) is 0 Å². The van der Waals surface area contributed by atoms with Gasteiger partial charge in [0.15, 0.2) is 0 Å². The van der Waals surface area contributed by atoms with Crippen LogP contribution in [-0.2, 0) is 6.54 Å². The van der Waals surface area contributed by atoms with Crippen LogP contribution in [-0.4, -0.2) is 5.71 Å². The second-order valence-corrected chi connectivity index (χ2v) is 12.7. The van der Waals surface area contributed by atoms with Crippen LogP contribution in [0, 0.1) is 0 Å². The van der Waals surface area contributed by atoms with Gasteiger partial charge in [-0.25, -0.2) is 0 Å². The number of aliphatic imine (C=N–C) groups is 1. The summed E-state index contributed by atoms with van der Waals surface area (Å²) in [7, 11) is 0.